The first-order valence-electron chi connectivity index (χ1n) is 9.22. The first kappa shape index (κ1) is 18.0. The second-order valence-electron chi connectivity index (χ2n) is 6.82. The van der Waals surface area contributed by atoms with Crippen molar-refractivity contribution in [2.75, 3.05) is 11.1 Å². The number of amides is 1. The fraction of sp³-hybridized carbons (Fsp3) is 0.300. The molecule has 0 saturated heterocycles. The van der Waals surface area contributed by atoms with Gasteiger partial charge in [0, 0.05) is 16.0 Å². The zero-order chi connectivity index (χ0) is 19.1. The van der Waals surface area contributed by atoms with Gasteiger partial charge in [-0.15, -0.1) is 22.7 Å². The summed E-state index contributed by atoms with van der Waals surface area (Å²) >= 11 is 4.92. The summed E-state index contributed by atoms with van der Waals surface area (Å²) in [6.07, 6.45) is 6.32. The van der Waals surface area contributed by atoms with Crippen LogP contribution in [0.5, 0.6) is 0 Å². The fourth-order valence-electron chi connectivity index (χ4n) is 3.62. The van der Waals surface area contributed by atoms with E-state index >= 15 is 0 Å². The number of aryl methyl sites for hydroxylation is 3. The summed E-state index contributed by atoms with van der Waals surface area (Å²) in [7, 11) is 0. The lowest BCUT2D eigenvalue weighted by Crippen LogP contribution is -2.14. The molecule has 3 heterocycles. The van der Waals surface area contributed by atoms with E-state index in [2.05, 4.69) is 20.3 Å². The number of hydrogen-bond donors (Lipinski definition) is 1. The Bertz CT molecular complexity index is 1200. The van der Waals surface area contributed by atoms with Crippen molar-refractivity contribution in [1.82, 2.24) is 15.0 Å². The Kier molecular flexibility index (Phi) is 4.78. The molecule has 0 fully saturated rings. The minimum absolute atomic E-state index is 0.0264. The standard InChI is InChI=1S/C20H18N4OS3/c1-11-23-14-7-6-12(8-16(14)27-11)24-17(25)9-26-19-18-13-4-2-3-5-15(13)28-20(18)22-10-21-19/h6-8,10H,2-5,9H2,1H3,(H,24,25). The van der Waals surface area contributed by atoms with E-state index in [1.165, 1.54) is 40.4 Å². The molecule has 1 aromatic carbocycles. The summed E-state index contributed by atoms with van der Waals surface area (Å²) in [5, 5.41) is 6.12. The largest absolute Gasteiger partial charge is 0.325 e. The lowest BCUT2D eigenvalue weighted by Gasteiger charge is -2.11. The summed E-state index contributed by atoms with van der Waals surface area (Å²) in [4.78, 5) is 28.4. The van der Waals surface area contributed by atoms with Crippen LogP contribution >= 0.6 is 34.4 Å². The van der Waals surface area contributed by atoms with Crippen LogP contribution < -0.4 is 5.32 Å². The van der Waals surface area contributed by atoms with E-state index in [1.54, 1.807) is 29.0 Å². The molecule has 142 valence electrons. The molecular weight excluding hydrogens is 408 g/mol. The Labute approximate surface area is 174 Å². The van der Waals surface area contributed by atoms with Crippen molar-refractivity contribution in [1.29, 1.82) is 0 Å². The molecule has 5 nitrogen and oxygen atoms in total. The highest BCUT2D eigenvalue weighted by Crippen LogP contribution is 2.39. The fourth-order valence-corrected chi connectivity index (χ4v) is 6.61. The van der Waals surface area contributed by atoms with Gasteiger partial charge in [-0.2, -0.15) is 0 Å². The zero-order valence-electron chi connectivity index (χ0n) is 15.3. The lowest BCUT2D eigenvalue weighted by molar-refractivity contribution is -0.113. The molecule has 28 heavy (non-hydrogen) atoms. The van der Waals surface area contributed by atoms with Gasteiger partial charge in [-0.3, -0.25) is 4.79 Å². The average molecular weight is 427 g/mol. The van der Waals surface area contributed by atoms with E-state index in [0.717, 1.165) is 43.6 Å². The molecule has 0 atom stereocenters. The van der Waals surface area contributed by atoms with Crippen LogP contribution in [-0.4, -0.2) is 26.6 Å². The third-order valence-corrected chi connectivity index (χ3v) is 7.96. The molecule has 0 saturated carbocycles. The van der Waals surface area contributed by atoms with Gasteiger partial charge in [0.2, 0.25) is 5.91 Å². The van der Waals surface area contributed by atoms with Gasteiger partial charge in [-0.25, -0.2) is 15.0 Å². The smallest absolute Gasteiger partial charge is 0.234 e. The van der Waals surface area contributed by atoms with Crippen molar-refractivity contribution in [3.8, 4) is 0 Å². The van der Waals surface area contributed by atoms with Gasteiger partial charge < -0.3 is 5.32 Å². The van der Waals surface area contributed by atoms with Gasteiger partial charge in [0.05, 0.1) is 21.0 Å². The maximum Gasteiger partial charge on any atom is 0.234 e. The van der Waals surface area contributed by atoms with Crippen LogP contribution in [0.2, 0.25) is 0 Å². The van der Waals surface area contributed by atoms with Crippen LogP contribution in [0.4, 0.5) is 5.69 Å². The van der Waals surface area contributed by atoms with Crippen LogP contribution in [0.15, 0.2) is 29.6 Å². The third kappa shape index (κ3) is 3.40. The SMILES string of the molecule is Cc1nc2ccc(NC(=O)CSc3ncnc4sc5c(c34)CCCC5)cc2s1. The predicted octanol–water partition coefficient (Wildman–Crippen LogP) is 5.22. The van der Waals surface area contributed by atoms with E-state index in [-0.39, 0.29) is 5.91 Å². The number of aromatic nitrogens is 3. The normalized spacial score (nSPS) is 13.8. The molecular formula is C20H18N4OS3. The number of anilines is 1. The highest BCUT2D eigenvalue weighted by atomic mass is 32.2. The summed E-state index contributed by atoms with van der Waals surface area (Å²) in [5.74, 6) is 0.303. The van der Waals surface area contributed by atoms with E-state index in [0.29, 0.717) is 5.75 Å². The minimum atomic E-state index is -0.0264. The Morgan fingerprint density at radius 1 is 1.21 bits per heavy atom. The first-order chi connectivity index (χ1) is 13.7. The Morgan fingerprint density at radius 3 is 3.04 bits per heavy atom. The first-order valence-corrected chi connectivity index (χ1v) is 11.8. The number of rotatable bonds is 4. The Morgan fingerprint density at radius 2 is 2.11 bits per heavy atom. The van der Waals surface area contributed by atoms with Gasteiger partial charge in [0.15, 0.2) is 0 Å². The molecule has 1 aliphatic carbocycles. The summed E-state index contributed by atoms with van der Waals surface area (Å²) in [6.45, 7) is 1.99. The molecule has 1 aliphatic rings. The number of carbonyl (C=O) groups excluding carboxylic acids is 1. The van der Waals surface area contributed by atoms with E-state index in [1.807, 2.05) is 25.1 Å². The van der Waals surface area contributed by atoms with E-state index in [9.17, 15) is 4.79 Å². The number of carbonyl (C=O) groups is 1. The number of thiophene rings is 1. The van der Waals surface area contributed by atoms with Crippen LogP contribution in [0.3, 0.4) is 0 Å². The van der Waals surface area contributed by atoms with Crippen molar-refractivity contribution in [3.05, 3.63) is 40.0 Å². The number of fused-ring (bicyclic) bond motifs is 4. The minimum Gasteiger partial charge on any atom is -0.325 e. The Balaban J connectivity index is 1.32. The van der Waals surface area contributed by atoms with Crippen LogP contribution in [-0.2, 0) is 17.6 Å². The molecule has 0 radical (unpaired) electrons. The van der Waals surface area contributed by atoms with Crippen molar-refractivity contribution < 1.29 is 4.79 Å². The molecule has 0 spiro atoms. The second kappa shape index (κ2) is 7.42. The lowest BCUT2D eigenvalue weighted by atomic mass is 9.97. The molecule has 5 rings (SSSR count). The summed E-state index contributed by atoms with van der Waals surface area (Å²) in [6, 6.07) is 5.84. The monoisotopic (exact) mass is 426 g/mol. The molecule has 0 bridgehead atoms. The number of nitrogens with one attached hydrogen (secondary N) is 1. The predicted molar refractivity (Wildman–Crippen MR) is 118 cm³/mol. The molecule has 0 aliphatic heterocycles. The molecule has 3 aromatic heterocycles. The van der Waals surface area contributed by atoms with Gasteiger partial charge >= 0.3 is 0 Å². The Hall–Kier alpha value is -2.03. The van der Waals surface area contributed by atoms with Crippen LogP contribution in [0.1, 0.15) is 28.3 Å². The van der Waals surface area contributed by atoms with Gasteiger partial charge in [0.25, 0.3) is 0 Å². The zero-order valence-corrected chi connectivity index (χ0v) is 17.8. The van der Waals surface area contributed by atoms with Crippen molar-refractivity contribution in [2.45, 2.75) is 37.6 Å². The third-order valence-electron chi connectivity index (χ3n) is 4.84. The van der Waals surface area contributed by atoms with Crippen LogP contribution in [0, 0.1) is 6.92 Å². The van der Waals surface area contributed by atoms with Crippen LogP contribution in [0.25, 0.3) is 20.4 Å². The maximum atomic E-state index is 12.5. The number of thiazole rings is 1. The molecule has 4 aromatic rings. The van der Waals surface area contributed by atoms with E-state index < -0.39 is 0 Å². The molecule has 0 unspecified atom stereocenters. The molecule has 8 heteroatoms. The van der Waals surface area contributed by atoms with Crippen molar-refractivity contribution in [3.63, 3.8) is 0 Å². The van der Waals surface area contributed by atoms with Gasteiger partial charge in [-0.05, 0) is 56.4 Å². The summed E-state index contributed by atoms with van der Waals surface area (Å²) in [5.41, 5.74) is 3.18. The van der Waals surface area contributed by atoms with E-state index in [4.69, 9.17) is 0 Å². The molecule has 1 amide bonds. The number of hydrogen-bond acceptors (Lipinski definition) is 7. The summed E-state index contributed by atoms with van der Waals surface area (Å²) < 4.78 is 1.09. The van der Waals surface area contributed by atoms with Gasteiger partial charge in [-0.1, -0.05) is 11.8 Å². The number of thioether (sulfide) groups is 1. The topological polar surface area (TPSA) is 67.8 Å². The number of nitrogens with zero attached hydrogens (tertiary/aromatic N) is 3. The highest BCUT2D eigenvalue weighted by molar-refractivity contribution is 8.00. The second-order valence-corrected chi connectivity index (χ2v) is 10.1. The molecule has 1 N–H and O–H groups in total. The average Bonchev–Trinajstić information content (AvgIpc) is 3.25. The maximum absolute atomic E-state index is 12.5. The number of benzene rings is 1. The van der Waals surface area contributed by atoms with Crippen molar-refractivity contribution in [2.24, 2.45) is 0 Å². The quantitative estimate of drug-likeness (QED) is 0.358. The highest BCUT2D eigenvalue weighted by Gasteiger charge is 2.20. The van der Waals surface area contributed by atoms with Crippen molar-refractivity contribution >= 4 is 66.5 Å². The van der Waals surface area contributed by atoms with Gasteiger partial charge in [0.1, 0.15) is 16.2 Å².